The fraction of sp³-hybridized carbons (Fsp3) is 0.500. The standard InChI is InChI=1S/C12H17ClN6/c1-12(2,3)4-5-15-10-16-9(13)17-11(18-10)19-7-6-14-8-19/h6-8H,4-5H2,1-3H3,(H,15,16,17,18). The van der Waals surface area contributed by atoms with Gasteiger partial charge in [-0.3, -0.25) is 4.57 Å². The van der Waals surface area contributed by atoms with Gasteiger partial charge in [0.1, 0.15) is 6.33 Å². The number of hydrogen-bond acceptors (Lipinski definition) is 5. The van der Waals surface area contributed by atoms with Crippen LogP contribution in [-0.4, -0.2) is 31.0 Å². The summed E-state index contributed by atoms with van der Waals surface area (Å²) in [4.78, 5) is 16.4. The third-order valence-electron chi connectivity index (χ3n) is 2.49. The van der Waals surface area contributed by atoms with E-state index in [9.17, 15) is 0 Å². The quantitative estimate of drug-likeness (QED) is 0.932. The summed E-state index contributed by atoms with van der Waals surface area (Å²) in [7, 11) is 0. The van der Waals surface area contributed by atoms with Crippen LogP contribution in [0.4, 0.5) is 5.95 Å². The van der Waals surface area contributed by atoms with Crippen molar-refractivity contribution >= 4 is 17.5 Å². The molecule has 0 spiro atoms. The Morgan fingerprint density at radius 3 is 2.68 bits per heavy atom. The van der Waals surface area contributed by atoms with Gasteiger partial charge in [-0.2, -0.15) is 15.0 Å². The highest BCUT2D eigenvalue weighted by atomic mass is 35.5. The van der Waals surface area contributed by atoms with E-state index < -0.39 is 0 Å². The molecule has 0 amide bonds. The van der Waals surface area contributed by atoms with E-state index in [-0.39, 0.29) is 10.7 Å². The van der Waals surface area contributed by atoms with E-state index in [4.69, 9.17) is 11.6 Å². The minimum atomic E-state index is 0.164. The van der Waals surface area contributed by atoms with Crippen molar-refractivity contribution in [3.05, 3.63) is 24.0 Å². The molecule has 0 bridgehead atoms. The van der Waals surface area contributed by atoms with Crippen LogP contribution in [0.3, 0.4) is 0 Å². The van der Waals surface area contributed by atoms with E-state index in [1.54, 1.807) is 23.3 Å². The lowest BCUT2D eigenvalue weighted by Crippen LogP contribution is -2.15. The largest absolute Gasteiger partial charge is 0.354 e. The molecule has 6 nitrogen and oxygen atoms in total. The number of imidazole rings is 1. The van der Waals surface area contributed by atoms with E-state index in [1.807, 2.05) is 0 Å². The molecule has 2 aromatic heterocycles. The van der Waals surface area contributed by atoms with E-state index in [2.05, 4.69) is 46.0 Å². The van der Waals surface area contributed by atoms with E-state index >= 15 is 0 Å². The van der Waals surface area contributed by atoms with Gasteiger partial charge in [0.05, 0.1) is 0 Å². The maximum absolute atomic E-state index is 5.90. The van der Waals surface area contributed by atoms with E-state index in [1.165, 1.54) is 0 Å². The zero-order valence-electron chi connectivity index (χ0n) is 11.3. The molecule has 0 aliphatic rings. The molecule has 7 heteroatoms. The normalized spacial score (nSPS) is 11.6. The molecule has 1 N–H and O–H groups in total. The summed E-state index contributed by atoms with van der Waals surface area (Å²) in [5, 5.41) is 3.33. The molecular weight excluding hydrogens is 264 g/mol. The molecule has 0 aliphatic heterocycles. The first-order valence-corrected chi connectivity index (χ1v) is 6.46. The highest BCUT2D eigenvalue weighted by molar-refractivity contribution is 6.28. The number of halogens is 1. The lowest BCUT2D eigenvalue weighted by Gasteiger charge is -2.18. The molecule has 102 valence electrons. The number of anilines is 1. The Morgan fingerprint density at radius 2 is 2.05 bits per heavy atom. The van der Waals surface area contributed by atoms with Gasteiger partial charge in [-0.25, -0.2) is 4.98 Å². The molecule has 19 heavy (non-hydrogen) atoms. The zero-order valence-corrected chi connectivity index (χ0v) is 12.0. The lowest BCUT2D eigenvalue weighted by molar-refractivity contribution is 0.389. The molecule has 0 radical (unpaired) electrons. The van der Waals surface area contributed by atoms with Crippen LogP contribution < -0.4 is 5.32 Å². The Balaban J connectivity index is 2.09. The van der Waals surface area contributed by atoms with Gasteiger partial charge in [0, 0.05) is 18.9 Å². The van der Waals surface area contributed by atoms with Crippen molar-refractivity contribution in [2.45, 2.75) is 27.2 Å². The summed E-state index contributed by atoms with van der Waals surface area (Å²) in [6.45, 7) is 7.34. The van der Waals surface area contributed by atoms with Crippen molar-refractivity contribution < 1.29 is 0 Å². The molecule has 0 saturated heterocycles. The average Bonchev–Trinajstić information content (AvgIpc) is 2.79. The van der Waals surface area contributed by atoms with Crippen LogP contribution in [0.15, 0.2) is 18.7 Å². The van der Waals surface area contributed by atoms with Gasteiger partial charge in [-0.05, 0) is 23.4 Å². The van der Waals surface area contributed by atoms with Crippen LogP contribution in [0.5, 0.6) is 0 Å². The Morgan fingerprint density at radius 1 is 1.26 bits per heavy atom. The second-order valence-corrected chi connectivity index (χ2v) is 5.77. The highest BCUT2D eigenvalue weighted by Crippen LogP contribution is 2.18. The fourth-order valence-electron chi connectivity index (χ4n) is 1.46. The Hall–Kier alpha value is -1.69. The van der Waals surface area contributed by atoms with Gasteiger partial charge in [0.2, 0.25) is 17.2 Å². The first-order chi connectivity index (χ1) is 8.94. The minimum absolute atomic E-state index is 0.164. The molecule has 0 atom stereocenters. The molecule has 0 aromatic carbocycles. The summed E-state index contributed by atoms with van der Waals surface area (Å²) in [6.07, 6.45) is 6.04. The molecule has 2 rings (SSSR count). The van der Waals surface area contributed by atoms with Crippen LogP contribution in [0, 0.1) is 5.41 Å². The van der Waals surface area contributed by atoms with Gasteiger partial charge in [-0.1, -0.05) is 20.8 Å². The molecule has 0 unspecified atom stereocenters. The van der Waals surface area contributed by atoms with Crippen molar-refractivity contribution in [3.63, 3.8) is 0 Å². The third kappa shape index (κ3) is 4.17. The minimum Gasteiger partial charge on any atom is -0.354 e. The fourth-order valence-corrected chi connectivity index (χ4v) is 1.62. The van der Waals surface area contributed by atoms with Crippen molar-refractivity contribution in [2.75, 3.05) is 11.9 Å². The first-order valence-electron chi connectivity index (χ1n) is 6.08. The number of hydrogen-bond donors (Lipinski definition) is 1. The average molecular weight is 281 g/mol. The lowest BCUT2D eigenvalue weighted by atomic mass is 9.92. The Kier molecular flexibility index (Phi) is 3.99. The summed E-state index contributed by atoms with van der Waals surface area (Å²) in [5.74, 6) is 0.934. The number of nitrogens with zero attached hydrogens (tertiary/aromatic N) is 5. The highest BCUT2D eigenvalue weighted by Gasteiger charge is 2.11. The van der Waals surface area contributed by atoms with Gasteiger partial charge >= 0.3 is 0 Å². The molecule has 0 saturated carbocycles. The third-order valence-corrected chi connectivity index (χ3v) is 2.66. The summed E-state index contributed by atoms with van der Waals surface area (Å²) in [6, 6.07) is 0. The van der Waals surface area contributed by atoms with Gasteiger partial charge in [-0.15, -0.1) is 0 Å². The smallest absolute Gasteiger partial charge is 0.241 e. The summed E-state index contributed by atoms with van der Waals surface area (Å²) >= 11 is 5.90. The molecular formula is C12H17ClN6. The molecule has 2 aromatic rings. The van der Waals surface area contributed by atoms with Crippen molar-refractivity contribution in [3.8, 4) is 5.95 Å². The molecule has 0 aliphatic carbocycles. The van der Waals surface area contributed by atoms with Crippen LogP contribution >= 0.6 is 11.6 Å². The Bertz CT molecular complexity index is 532. The molecule has 0 fully saturated rings. The van der Waals surface area contributed by atoms with Crippen LogP contribution in [0.2, 0.25) is 5.28 Å². The Labute approximate surface area is 117 Å². The van der Waals surface area contributed by atoms with Gasteiger partial charge in [0.25, 0.3) is 0 Å². The van der Waals surface area contributed by atoms with Crippen LogP contribution in [0.1, 0.15) is 27.2 Å². The van der Waals surface area contributed by atoms with Crippen molar-refractivity contribution in [1.29, 1.82) is 0 Å². The predicted molar refractivity (Wildman–Crippen MR) is 74.5 cm³/mol. The van der Waals surface area contributed by atoms with Gasteiger partial charge < -0.3 is 5.32 Å². The maximum Gasteiger partial charge on any atom is 0.241 e. The van der Waals surface area contributed by atoms with Crippen molar-refractivity contribution in [2.24, 2.45) is 5.41 Å². The van der Waals surface area contributed by atoms with Crippen LogP contribution in [0.25, 0.3) is 5.95 Å². The second kappa shape index (κ2) is 5.52. The summed E-state index contributed by atoms with van der Waals surface area (Å²) in [5.41, 5.74) is 0.261. The van der Waals surface area contributed by atoms with Gasteiger partial charge in [0.15, 0.2) is 0 Å². The second-order valence-electron chi connectivity index (χ2n) is 5.44. The predicted octanol–water partition coefficient (Wildman–Crippen LogP) is 2.56. The SMILES string of the molecule is CC(C)(C)CCNc1nc(Cl)nc(-n2ccnc2)n1. The van der Waals surface area contributed by atoms with Crippen LogP contribution in [-0.2, 0) is 0 Å². The number of nitrogens with one attached hydrogen (secondary N) is 1. The van der Waals surface area contributed by atoms with E-state index in [0.29, 0.717) is 11.9 Å². The zero-order chi connectivity index (χ0) is 13.9. The number of aromatic nitrogens is 5. The van der Waals surface area contributed by atoms with Crippen molar-refractivity contribution in [1.82, 2.24) is 24.5 Å². The first kappa shape index (κ1) is 13.7. The number of rotatable bonds is 4. The maximum atomic E-state index is 5.90. The van der Waals surface area contributed by atoms with E-state index in [0.717, 1.165) is 13.0 Å². The monoisotopic (exact) mass is 280 g/mol. The molecule has 2 heterocycles. The summed E-state index contributed by atoms with van der Waals surface area (Å²) < 4.78 is 1.68. The topological polar surface area (TPSA) is 68.5 Å².